The van der Waals surface area contributed by atoms with E-state index < -0.39 is 12.2 Å². The SMILES string of the molecule is Cc1cccnc1C(O)C(O)CBr. The molecule has 0 bridgehead atoms. The number of hydrogen-bond acceptors (Lipinski definition) is 3. The van der Waals surface area contributed by atoms with Gasteiger partial charge in [-0.15, -0.1) is 0 Å². The van der Waals surface area contributed by atoms with Crippen LogP contribution in [0, 0.1) is 6.92 Å². The first-order chi connectivity index (χ1) is 6.16. The van der Waals surface area contributed by atoms with Gasteiger partial charge in [-0.1, -0.05) is 22.0 Å². The van der Waals surface area contributed by atoms with Crippen molar-refractivity contribution in [3.05, 3.63) is 29.6 Å². The number of hydrogen-bond donors (Lipinski definition) is 2. The number of aliphatic hydroxyl groups excluding tert-OH is 2. The van der Waals surface area contributed by atoms with E-state index in [0.717, 1.165) is 5.56 Å². The van der Waals surface area contributed by atoms with Crippen LogP contribution >= 0.6 is 15.9 Å². The number of aryl methyl sites for hydroxylation is 1. The lowest BCUT2D eigenvalue weighted by Gasteiger charge is -2.16. The topological polar surface area (TPSA) is 53.4 Å². The number of nitrogens with zero attached hydrogens (tertiary/aromatic N) is 1. The van der Waals surface area contributed by atoms with Gasteiger partial charge in [0.1, 0.15) is 6.10 Å². The van der Waals surface area contributed by atoms with Crippen LogP contribution in [-0.2, 0) is 0 Å². The molecule has 2 unspecified atom stereocenters. The van der Waals surface area contributed by atoms with Crippen LogP contribution in [0.5, 0.6) is 0 Å². The molecule has 0 aliphatic heterocycles. The maximum absolute atomic E-state index is 9.63. The summed E-state index contributed by atoms with van der Waals surface area (Å²) in [5.41, 5.74) is 1.42. The molecule has 0 aliphatic carbocycles. The van der Waals surface area contributed by atoms with Crippen LogP contribution in [0.3, 0.4) is 0 Å². The van der Waals surface area contributed by atoms with Gasteiger partial charge in [-0.25, -0.2) is 0 Å². The number of aliphatic hydroxyl groups is 2. The molecule has 1 aromatic rings. The van der Waals surface area contributed by atoms with E-state index in [2.05, 4.69) is 20.9 Å². The van der Waals surface area contributed by atoms with E-state index >= 15 is 0 Å². The molecule has 0 amide bonds. The van der Waals surface area contributed by atoms with Gasteiger partial charge in [0.15, 0.2) is 0 Å². The van der Waals surface area contributed by atoms with Gasteiger partial charge in [0.05, 0.1) is 11.8 Å². The quantitative estimate of drug-likeness (QED) is 0.787. The molecule has 13 heavy (non-hydrogen) atoms. The summed E-state index contributed by atoms with van der Waals surface area (Å²) in [4.78, 5) is 4.02. The van der Waals surface area contributed by atoms with Gasteiger partial charge in [-0.2, -0.15) is 0 Å². The van der Waals surface area contributed by atoms with Crippen molar-refractivity contribution in [1.29, 1.82) is 0 Å². The first-order valence-corrected chi connectivity index (χ1v) is 5.12. The predicted molar refractivity (Wildman–Crippen MR) is 53.7 cm³/mol. The smallest absolute Gasteiger partial charge is 0.123 e. The number of pyridine rings is 1. The Bertz CT molecular complexity index is 280. The molecule has 0 spiro atoms. The van der Waals surface area contributed by atoms with Gasteiger partial charge < -0.3 is 10.2 Å². The summed E-state index contributed by atoms with van der Waals surface area (Å²) in [6.07, 6.45) is -0.124. The van der Waals surface area contributed by atoms with Crippen LogP contribution in [0.4, 0.5) is 0 Å². The fraction of sp³-hybridized carbons (Fsp3) is 0.444. The summed E-state index contributed by atoms with van der Waals surface area (Å²) in [7, 11) is 0. The zero-order valence-corrected chi connectivity index (χ0v) is 8.90. The summed E-state index contributed by atoms with van der Waals surface area (Å²) in [6.45, 7) is 1.85. The Kier molecular flexibility index (Phi) is 3.84. The van der Waals surface area contributed by atoms with Crippen LogP contribution in [0.15, 0.2) is 18.3 Å². The predicted octanol–water partition coefficient (Wildman–Crippen LogP) is 1.18. The normalized spacial score (nSPS) is 15.4. The lowest BCUT2D eigenvalue weighted by molar-refractivity contribution is 0.0311. The monoisotopic (exact) mass is 245 g/mol. The van der Waals surface area contributed by atoms with Crippen molar-refractivity contribution in [2.24, 2.45) is 0 Å². The van der Waals surface area contributed by atoms with Gasteiger partial charge in [0.25, 0.3) is 0 Å². The number of rotatable bonds is 3. The maximum Gasteiger partial charge on any atom is 0.123 e. The molecular weight excluding hydrogens is 234 g/mol. The highest BCUT2D eigenvalue weighted by Crippen LogP contribution is 2.18. The lowest BCUT2D eigenvalue weighted by Crippen LogP contribution is -2.21. The fourth-order valence-electron chi connectivity index (χ4n) is 1.07. The molecule has 0 saturated heterocycles. The number of aromatic nitrogens is 1. The summed E-state index contributed by atoms with van der Waals surface area (Å²) in [5.74, 6) is 0. The second-order valence-electron chi connectivity index (χ2n) is 2.87. The second kappa shape index (κ2) is 4.69. The Balaban J connectivity index is 2.88. The third-order valence-corrected chi connectivity index (χ3v) is 2.52. The number of alkyl halides is 1. The number of halogens is 1. The standard InChI is InChI=1S/C9H12BrNO2/c1-6-3-2-4-11-8(6)9(13)7(12)5-10/h2-4,7,9,12-13H,5H2,1H3. The van der Waals surface area contributed by atoms with E-state index in [-0.39, 0.29) is 0 Å². The maximum atomic E-state index is 9.63. The molecular formula is C9H12BrNO2. The average molecular weight is 246 g/mol. The summed E-state index contributed by atoms with van der Waals surface area (Å²) < 4.78 is 0. The van der Waals surface area contributed by atoms with E-state index in [9.17, 15) is 10.2 Å². The highest BCUT2D eigenvalue weighted by atomic mass is 79.9. The highest BCUT2D eigenvalue weighted by molar-refractivity contribution is 9.09. The van der Waals surface area contributed by atoms with Crippen molar-refractivity contribution >= 4 is 15.9 Å². The Labute approximate surface area is 85.6 Å². The Morgan fingerprint density at radius 2 is 2.23 bits per heavy atom. The minimum atomic E-state index is -0.916. The molecule has 0 radical (unpaired) electrons. The second-order valence-corrected chi connectivity index (χ2v) is 3.52. The Morgan fingerprint density at radius 1 is 1.54 bits per heavy atom. The summed E-state index contributed by atoms with van der Waals surface area (Å²) in [5, 5.41) is 19.3. The van der Waals surface area contributed by atoms with Crippen molar-refractivity contribution in [2.45, 2.75) is 19.1 Å². The zero-order valence-electron chi connectivity index (χ0n) is 7.31. The van der Waals surface area contributed by atoms with Crippen molar-refractivity contribution in [3.8, 4) is 0 Å². The summed E-state index contributed by atoms with van der Waals surface area (Å²) >= 11 is 3.10. The molecule has 72 valence electrons. The minimum Gasteiger partial charge on any atom is -0.389 e. The largest absolute Gasteiger partial charge is 0.389 e. The van der Waals surface area contributed by atoms with Gasteiger partial charge in [0.2, 0.25) is 0 Å². The molecule has 0 aliphatic rings. The highest BCUT2D eigenvalue weighted by Gasteiger charge is 2.19. The fourth-order valence-corrected chi connectivity index (χ4v) is 1.43. The van der Waals surface area contributed by atoms with Crippen LogP contribution in [0.25, 0.3) is 0 Å². The lowest BCUT2D eigenvalue weighted by atomic mass is 10.1. The minimum absolute atomic E-state index is 0.337. The molecule has 0 saturated carbocycles. The van der Waals surface area contributed by atoms with Gasteiger partial charge in [-0.3, -0.25) is 4.98 Å². The van der Waals surface area contributed by atoms with Gasteiger partial charge >= 0.3 is 0 Å². The van der Waals surface area contributed by atoms with E-state index in [1.54, 1.807) is 12.3 Å². The first-order valence-electron chi connectivity index (χ1n) is 4.00. The average Bonchev–Trinajstić information content (AvgIpc) is 2.16. The van der Waals surface area contributed by atoms with Crippen molar-refractivity contribution < 1.29 is 10.2 Å². The van der Waals surface area contributed by atoms with E-state index in [0.29, 0.717) is 11.0 Å². The third kappa shape index (κ3) is 2.49. The molecule has 2 N–H and O–H groups in total. The van der Waals surface area contributed by atoms with E-state index in [4.69, 9.17) is 0 Å². The van der Waals surface area contributed by atoms with Crippen LogP contribution < -0.4 is 0 Å². The summed E-state index contributed by atoms with van der Waals surface area (Å²) in [6, 6.07) is 3.65. The van der Waals surface area contributed by atoms with E-state index in [1.165, 1.54) is 0 Å². The van der Waals surface area contributed by atoms with Crippen LogP contribution in [-0.4, -0.2) is 26.6 Å². The van der Waals surface area contributed by atoms with Crippen molar-refractivity contribution in [2.75, 3.05) is 5.33 Å². The first kappa shape index (κ1) is 10.6. The molecule has 1 aromatic heterocycles. The molecule has 3 nitrogen and oxygen atoms in total. The Hall–Kier alpha value is -0.450. The molecule has 0 fully saturated rings. The molecule has 1 heterocycles. The van der Waals surface area contributed by atoms with Gasteiger partial charge in [0, 0.05) is 11.5 Å². The zero-order chi connectivity index (χ0) is 9.84. The molecule has 1 rings (SSSR count). The Morgan fingerprint density at radius 3 is 2.77 bits per heavy atom. The third-order valence-electron chi connectivity index (χ3n) is 1.85. The van der Waals surface area contributed by atoms with Crippen molar-refractivity contribution in [1.82, 2.24) is 4.98 Å². The van der Waals surface area contributed by atoms with Crippen molar-refractivity contribution in [3.63, 3.8) is 0 Å². The van der Waals surface area contributed by atoms with Crippen LogP contribution in [0.1, 0.15) is 17.4 Å². The van der Waals surface area contributed by atoms with Gasteiger partial charge in [-0.05, 0) is 18.6 Å². The molecule has 4 heteroatoms. The van der Waals surface area contributed by atoms with E-state index in [1.807, 2.05) is 13.0 Å². The molecule has 0 aromatic carbocycles. The van der Waals surface area contributed by atoms with Crippen LogP contribution in [0.2, 0.25) is 0 Å². The molecule has 2 atom stereocenters.